The molecule has 3 rings (SSSR count). The number of carbonyl (C=O) groups is 1. The second-order valence-electron chi connectivity index (χ2n) is 6.34. The summed E-state index contributed by atoms with van der Waals surface area (Å²) in [5.41, 5.74) is 2.69. The lowest BCUT2D eigenvalue weighted by Crippen LogP contribution is -2.46. The van der Waals surface area contributed by atoms with Crippen molar-refractivity contribution in [2.75, 3.05) is 52.4 Å². The highest BCUT2D eigenvalue weighted by Crippen LogP contribution is 2.14. The first-order chi connectivity index (χ1) is 11.3. The zero-order valence-corrected chi connectivity index (χ0v) is 15.3. The molecule has 3 N–H and O–H groups in total. The standard InChI is InChI=1S/C16H28N6O.ClH/c1-2-21-8-10-22(11-9-21)7-3-5-18-16(23)15-13-12-17-6-4-14(13)19-20-15;/h17H,2-12H2,1H3,(H,18,23)(H,19,20);1H. The predicted octanol–water partition coefficient (Wildman–Crippen LogP) is 0.235. The van der Waals surface area contributed by atoms with Gasteiger partial charge < -0.3 is 20.4 Å². The van der Waals surface area contributed by atoms with Crippen LogP contribution in [0.4, 0.5) is 0 Å². The van der Waals surface area contributed by atoms with Crippen LogP contribution in [0.25, 0.3) is 0 Å². The lowest BCUT2D eigenvalue weighted by atomic mass is 10.1. The summed E-state index contributed by atoms with van der Waals surface area (Å²) in [6, 6.07) is 0. The van der Waals surface area contributed by atoms with Crippen LogP contribution in [0.5, 0.6) is 0 Å². The Bertz CT molecular complexity index is 527. The quantitative estimate of drug-likeness (QED) is 0.636. The first-order valence-electron chi connectivity index (χ1n) is 8.77. The Hall–Kier alpha value is -1.15. The number of amides is 1. The largest absolute Gasteiger partial charge is 0.351 e. The Balaban J connectivity index is 0.00000208. The first kappa shape index (κ1) is 19.2. The molecule has 0 bridgehead atoms. The monoisotopic (exact) mass is 356 g/mol. The number of carbonyl (C=O) groups excluding carboxylic acids is 1. The van der Waals surface area contributed by atoms with Crippen LogP contribution in [-0.2, 0) is 13.0 Å². The predicted molar refractivity (Wildman–Crippen MR) is 96.8 cm³/mol. The van der Waals surface area contributed by atoms with Crippen molar-refractivity contribution in [3.05, 3.63) is 17.0 Å². The molecule has 0 radical (unpaired) electrons. The van der Waals surface area contributed by atoms with Gasteiger partial charge in [-0.2, -0.15) is 5.10 Å². The lowest BCUT2D eigenvalue weighted by Gasteiger charge is -2.33. The molecular weight excluding hydrogens is 328 g/mol. The molecule has 0 saturated carbocycles. The summed E-state index contributed by atoms with van der Waals surface area (Å²) < 4.78 is 0. The fraction of sp³-hybridized carbons (Fsp3) is 0.750. The summed E-state index contributed by atoms with van der Waals surface area (Å²) in [6.07, 6.45) is 1.90. The molecule has 3 heterocycles. The Labute approximate surface area is 149 Å². The number of nitrogens with one attached hydrogen (secondary N) is 3. The van der Waals surface area contributed by atoms with Gasteiger partial charge in [-0.3, -0.25) is 9.89 Å². The van der Waals surface area contributed by atoms with Crippen molar-refractivity contribution in [2.24, 2.45) is 0 Å². The maximum atomic E-state index is 12.3. The summed E-state index contributed by atoms with van der Waals surface area (Å²) >= 11 is 0. The van der Waals surface area contributed by atoms with Gasteiger partial charge in [0.05, 0.1) is 0 Å². The Morgan fingerprint density at radius 2 is 2.00 bits per heavy atom. The van der Waals surface area contributed by atoms with Crippen molar-refractivity contribution in [1.29, 1.82) is 0 Å². The number of nitrogens with zero attached hydrogens (tertiary/aromatic N) is 3. The average Bonchev–Trinajstić information content (AvgIpc) is 3.03. The van der Waals surface area contributed by atoms with E-state index < -0.39 is 0 Å². The molecule has 7 nitrogen and oxygen atoms in total. The van der Waals surface area contributed by atoms with Crippen molar-refractivity contribution in [2.45, 2.75) is 26.3 Å². The van der Waals surface area contributed by atoms with Gasteiger partial charge in [0.2, 0.25) is 0 Å². The Kier molecular flexibility index (Phi) is 7.48. The maximum absolute atomic E-state index is 12.3. The molecule has 0 unspecified atom stereocenters. The van der Waals surface area contributed by atoms with Crippen LogP contribution in [0.2, 0.25) is 0 Å². The van der Waals surface area contributed by atoms with Gasteiger partial charge in [0, 0.05) is 63.5 Å². The molecule has 1 aromatic heterocycles. The minimum atomic E-state index is -0.0537. The third kappa shape index (κ3) is 4.69. The highest BCUT2D eigenvalue weighted by atomic mass is 35.5. The zero-order valence-electron chi connectivity index (χ0n) is 14.4. The Morgan fingerprint density at radius 3 is 2.75 bits per heavy atom. The molecular formula is C16H29ClN6O. The number of fused-ring (bicyclic) bond motifs is 1. The van der Waals surface area contributed by atoms with Gasteiger partial charge >= 0.3 is 0 Å². The number of piperazine rings is 1. The van der Waals surface area contributed by atoms with Gasteiger partial charge in [0.15, 0.2) is 5.69 Å². The van der Waals surface area contributed by atoms with E-state index in [1.165, 1.54) is 0 Å². The molecule has 136 valence electrons. The molecule has 2 aliphatic rings. The molecule has 1 saturated heterocycles. The van der Waals surface area contributed by atoms with Crippen LogP contribution in [0.3, 0.4) is 0 Å². The van der Waals surface area contributed by atoms with E-state index in [1.807, 2.05) is 0 Å². The van der Waals surface area contributed by atoms with Crippen LogP contribution < -0.4 is 10.6 Å². The number of aromatic amines is 1. The van der Waals surface area contributed by atoms with Crippen molar-refractivity contribution in [1.82, 2.24) is 30.6 Å². The lowest BCUT2D eigenvalue weighted by molar-refractivity contribution is 0.0942. The number of rotatable bonds is 6. The number of hydrogen-bond donors (Lipinski definition) is 3. The fourth-order valence-electron chi connectivity index (χ4n) is 3.33. The van der Waals surface area contributed by atoms with Gasteiger partial charge in [-0.05, 0) is 19.5 Å². The molecule has 1 aromatic rings. The number of halogens is 1. The second kappa shape index (κ2) is 9.36. The van der Waals surface area contributed by atoms with Crippen LogP contribution in [0.15, 0.2) is 0 Å². The maximum Gasteiger partial charge on any atom is 0.272 e. The van der Waals surface area contributed by atoms with Crippen LogP contribution >= 0.6 is 12.4 Å². The molecule has 8 heteroatoms. The third-order valence-corrected chi connectivity index (χ3v) is 4.87. The minimum absolute atomic E-state index is 0. The summed E-state index contributed by atoms with van der Waals surface area (Å²) in [6.45, 7) is 11.4. The van der Waals surface area contributed by atoms with Crippen LogP contribution in [0.1, 0.15) is 35.1 Å². The number of hydrogen-bond acceptors (Lipinski definition) is 5. The summed E-state index contributed by atoms with van der Waals surface area (Å²) in [5.74, 6) is -0.0537. The topological polar surface area (TPSA) is 76.3 Å². The third-order valence-electron chi connectivity index (χ3n) is 4.87. The van der Waals surface area contributed by atoms with Gasteiger partial charge in [0.25, 0.3) is 5.91 Å². The first-order valence-corrected chi connectivity index (χ1v) is 8.77. The molecule has 1 fully saturated rings. The van der Waals surface area contributed by atoms with E-state index in [9.17, 15) is 4.79 Å². The molecule has 0 aliphatic carbocycles. The van der Waals surface area contributed by atoms with Crippen molar-refractivity contribution < 1.29 is 4.79 Å². The number of aromatic nitrogens is 2. The van der Waals surface area contributed by atoms with Gasteiger partial charge in [-0.15, -0.1) is 12.4 Å². The fourth-order valence-corrected chi connectivity index (χ4v) is 3.33. The van der Waals surface area contributed by atoms with E-state index in [2.05, 4.69) is 37.6 Å². The number of likely N-dealkylation sites (N-methyl/N-ethyl adjacent to an activating group) is 1. The van der Waals surface area contributed by atoms with Gasteiger partial charge in [0.1, 0.15) is 0 Å². The number of H-pyrrole nitrogens is 1. The smallest absolute Gasteiger partial charge is 0.272 e. The van der Waals surface area contributed by atoms with Crippen LogP contribution in [0, 0.1) is 0 Å². The van der Waals surface area contributed by atoms with Crippen molar-refractivity contribution >= 4 is 18.3 Å². The summed E-state index contributed by atoms with van der Waals surface area (Å²) in [4.78, 5) is 17.2. The van der Waals surface area contributed by atoms with Crippen LogP contribution in [-0.4, -0.2) is 78.3 Å². The van der Waals surface area contributed by atoms with Gasteiger partial charge in [-0.25, -0.2) is 0 Å². The van der Waals surface area contributed by atoms with E-state index >= 15 is 0 Å². The zero-order chi connectivity index (χ0) is 16.1. The van der Waals surface area contributed by atoms with E-state index in [0.717, 1.165) is 76.5 Å². The molecule has 0 aromatic carbocycles. The van der Waals surface area contributed by atoms with E-state index in [1.54, 1.807) is 0 Å². The highest BCUT2D eigenvalue weighted by molar-refractivity contribution is 5.94. The molecule has 2 aliphatic heterocycles. The van der Waals surface area contributed by atoms with E-state index in [0.29, 0.717) is 12.2 Å². The normalized spacial score (nSPS) is 18.7. The van der Waals surface area contributed by atoms with E-state index in [4.69, 9.17) is 0 Å². The highest BCUT2D eigenvalue weighted by Gasteiger charge is 2.21. The Morgan fingerprint density at radius 1 is 1.25 bits per heavy atom. The van der Waals surface area contributed by atoms with E-state index in [-0.39, 0.29) is 18.3 Å². The van der Waals surface area contributed by atoms with Crippen molar-refractivity contribution in [3.63, 3.8) is 0 Å². The molecule has 0 spiro atoms. The molecule has 0 atom stereocenters. The second-order valence-corrected chi connectivity index (χ2v) is 6.34. The van der Waals surface area contributed by atoms with Crippen molar-refractivity contribution in [3.8, 4) is 0 Å². The minimum Gasteiger partial charge on any atom is -0.351 e. The average molecular weight is 357 g/mol. The van der Waals surface area contributed by atoms with Gasteiger partial charge in [-0.1, -0.05) is 6.92 Å². The SMILES string of the molecule is CCN1CCN(CCCNC(=O)c2n[nH]c3c2CNCC3)CC1.Cl. The molecule has 1 amide bonds. The molecule has 24 heavy (non-hydrogen) atoms. The summed E-state index contributed by atoms with van der Waals surface area (Å²) in [5, 5.41) is 13.5. The summed E-state index contributed by atoms with van der Waals surface area (Å²) in [7, 11) is 0.